The first-order chi connectivity index (χ1) is 10.9. The van der Waals surface area contributed by atoms with Crippen molar-refractivity contribution in [1.82, 2.24) is 9.78 Å². The third-order valence-electron chi connectivity index (χ3n) is 3.88. The van der Waals surface area contributed by atoms with Crippen LogP contribution in [0.25, 0.3) is 0 Å². The van der Waals surface area contributed by atoms with Gasteiger partial charge in [-0.2, -0.15) is 0 Å². The number of rotatable bonds is 3. The molecule has 6 nitrogen and oxygen atoms in total. The lowest BCUT2D eigenvalue weighted by molar-refractivity contribution is 0.483. The molecule has 0 radical (unpaired) electrons. The molecule has 0 spiro atoms. The van der Waals surface area contributed by atoms with E-state index in [1.807, 2.05) is 0 Å². The van der Waals surface area contributed by atoms with Crippen LogP contribution in [0.2, 0.25) is 5.02 Å². The predicted molar refractivity (Wildman–Crippen MR) is 90.8 cm³/mol. The highest BCUT2D eigenvalue weighted by atomic mass is 35.5. The Morgan fingerprint density at radius 3 is 2.65 bits per heavy atom. The Labute approximate surface area is 138 Å². The van der Waals surface area contributed by atoms with E-state index in [2.05, 4.69) is 10.1 Å². The summed E-state index contributed by atoms with van der Waals surface area (Å²) in [6, 6.07) is 6.62. The Morgan fingerprint density at radius 2 is 2.04 bits per heavy atom. The Bertz CT molecular complexity index is 910. The van der Waals surface area contributed by atoms with E-state index in [9.17, 15) is 13.2 Å². The fourth-order valence-electron chi connectivity index (χ4n) is 2.64. The van der Waals surface area contributed by atoms with Gasteiger partial charge in [0.1, 0.15) is 0 Å². The smallest absolute Gasteiger partial charge is 0.275 e. The predicted octanol–water partition coefficient (Wildman–Crippen LogP) is 2.25. The minimum absolute atomic E-state index is 0.000622. The van der Waals surface area contributed by atoms with Crippen LogP contribution in [0.5, 0.6) is 0 Å². The number of hydrogen-bond acceptors (Lipinski definition) is 4. The molecular formula is C15H16ClN3O3S. The van der Waals surface area contributed by atoms with Crippen LogP contribution in [-0.4, -0.2) is 35.9 Å². The molecule has 1 N–H and O–H groups in total. The number of aromatic amines is 1. The van der Waals surface area contributed by atoms with E-state index in [0.717, 1.165) is 0 Å². The van der Waals surface area contributed by atoms with Crippen LogP contribution in [0.4, 0.5) is 5.69 Å². The molecule has 1 atom stereocenters. The molecule has 1 saturated heterocycles. The fraction of sp³-hybridized carbons (Fsp3) is 0.333. The van der Waals surface area contributed by atoms with Crippen molar-refractivity contribution in [1.29, 1.82) is 0 Å². The standard InChI is InChI=1S/C15H16ClN3O3S/c1-10-14(8-17-12-4-2-11(16)3-5-12)15(20)19(18-10)13-6-7-23(21,22)9-13/h2-5,8,13,18H,6-7,9H2,1H3. The summed E-state index contributed by atoms with van der Waals surface area (Å²) in [6.07, 6.45) is 1.95. The Hall–Kier alpha value is -1.86. The molecule has 0 amide bonds. The summed E-state index contributed by atoms with van der Waals surface area (Å²) in [6.45, 7) is 1.77. The van der Waals surface area contributed by atoms with E-state index in [0.29, 0.717) is 28.4 Å². The van der Waals surface area contributed by atoms with Crippen LogP contribution >= 0.6 is 11.6 Å². The van der Waals surface area contributed by atoms with Crippen molar-refractivity contribution in [2.45, 2.75) is 19.4 Å². The fourth-order valence-corrected chi connectivity index (χ4v) is 4.46. The molecule has 0 aliphatic carbocycles. The molecule has 1 fully saturated rings. The molecule has 1 aromatic heterocycles. The van der Waals surface area contributed by atoms with E-state index in [1.54, 1.807) is 31.2 Å². The van der Waals surface area contributed by atoms with Gasteiger partial charge < -0.3 is 0 Å². The van der Waals surface area contributed by atoms with Crippen molar-refractivity contribution >= 4 is 33.3 Å². The topological polar surface area (TPSA) is 84.3 Å². The summed E-state index contributed by atoms with van der Waals surface area (Å²) in [5.74, 6) is 0.122. The molecule has 122 valence electrons. The van der Waals surface area contributed by atoms with Crippen molar-refractivity contribution in [3.05, 3.63) is 50.9 Å². The van der Waals surface area contributed by atoms with Crippen LogP contribution in [0.15, 0.2) is 34.1 Å². The van der Waals surface area contributed by atoms with Crippen LogP contribution in [0.1, 0.15) is 23.7 Å². The minimum Gasteiger partial charge on any atom is -0.299 e. The second-order valence-corrected chi connectivity index (χ2v) is 8.28. The lowest BCUT2D eigenvalue weighted by atomic mass is 10.2. The molecule has 3 rings (SSSR count). The Kier molecular flexibility index (Phi) is 4.16. The zero-order chi connectivity index (χ0) is 16.6. The van der Waals surface area contributed by atoms with Crippen LogP contribution in [0.3, 0.4) is 0 Å². The third kappa shape index (κ3) is 3.40. The molecule has 0 bridgehead atoms. The molecule has 2 heterocycles. The number of aliphatic imine (C=N–C) groups is 1. The van der Waals surface area contributed by atoms with Crippen molar-refractivity contribution in [2.75, 3.05) is 11.5 Å². The number of hydrogen-bond donors (Lipinski definition) is 1. The van der Waals surface area contributed by atoms with Gasteiger partial charge in [-0.15, -0.1) is 0 Å². The van der Waals surface area contributed by atoms with Gasteiger partial charge in [0.15, 0.2) is 9.84 Å². The average molecular weight is 354 g/mol. The zero-order valence-corrected chi connectivity index (χ0v) is 14.1. The summed E-state index contributed by atoms with van der Waals surface area (Å²) in [5.41, 5.74) is 1.54. The minimum atomic E-state index is -3.05. The molecular weight excluding hydrogens is 338 g/mol. The highest BCUT2D eigenvalue weighted by Crippen LogP contribution is 2.22. The van der Waals surface area contributed by atoms with Gasteiger partial charge in [0.2, 0.25) is 0 Å². The number of nitrogens with zero attached hydrogens (tertiary/aromatic N) is 2. The maximum atomic E-state index is 12.5. The van der Waals surface area contributed by atoms with Crippen molar-refractivity contribution in [3.63, 3.8) is 0 Å². The summed E-state index contributed by atoms with van der Waals surface area (Å²) in [5, 5.41) is 3.58. The van der Waals surface area contributed by atoms with Crippen molar-refractivity contribution in [2.24, 2.45) is 4.99 Å². The quantitative estimate of drug-likeness (QED) is 0.859. The van der Waals surface area contributed by atoms with Crippen LogP contribution < -0.4 is 5.56 Å². The lowest BCUT2D eigenvalue weighted by Gasteiger charge is -2.07. The van der Waals surface area contributed by atoms with Gasteiger partial charge in [-0.3, -0.25) is 14.9 Å². The van der Waals surface area contributed by atoms with Crippen molar-refractivity contribution in [3.8, 4) is 0 Å². The first-order valence-electron chi connectivity index (χ1n) is 7.17. The number of halogens is 1. The number of aryl methyl sites for hydroxylation is 1. The first kappa shape index (κ1) is 16.0. The Morgan fingerprint density at radius 1 is 1.35 bits per heavy atom. The second-order valence-electron chi connectivity index (χ2n) is 5.62. The highest BCUT2D eigenvalue weighted by molar-refractivity contribution is 7.91. The molecule has 1 unspecified atom stereocenters. The molecule has 23 heavy (non-hydrogen) atoms. The SMILES string of the molecule is Cc1[nH]n(C2CCS(=O)(=O)C2)c(=O)c1C=Nc1ccc(Cl)cc1. The van der Waals surface area contributed by atoms with Gasteiger partial charge in [0.25, 0.3) is 5.56 Å². The molecule has 1 aliphatic heterocycles. The number of H-pyrrole nitrogens is 1. The highest BCUT2D eigenvalue weighted by Gasteiger charge is 2.31. The van der Waals surface area contributed by atoms with Gasteiger partial charge in [-0.05, 0) is 37.6 Å². The van der Waals surface area contributed by atoms with E-state index in [4.69, 9.17) is 11.6 Å². The molecule has 1 aromatic carbocycles. The third-order valence-corrected chi connectivity index (χ3v) is 5.89. The number of nitrogens with one attached hydrogen (secondary N) is 1. The number of benzene rings is 1. The summed E-state index contributed by atoms with van der Waals surface area (Å²) < 4.78 is 24.6. The maximum Gasteiger partial charge on any atom is 0.275 e. The second kappa shape index (κ2) is 5.98. The van der Waals surface area contributed by atoms with Gasteiger partial charge in [0, 0.05) is 16.9 Å². The van der Waals surface area contributed by atoms with E-state index in [1.165, 1.54) is 10.9 Å². The Balaban J connectivity index is 1.89. The van der Waals surface area contributed by atoms with Crippen LogP contribution in [0, 0.1) is 6.92 Å². The summed E-state index contributed by atoms with van der Waals surface area (Å²) in [4.78, 5) is 16.8. The lowest BCUT2D eigenvalue weighted by Crippen LogP contribution is -2.25. The monoisotopic (exact) mass is 353 g/mol. The van der Waals surface area contributed by atoms with Crippen molar-refractivity contribution < 1.29 is 8.42 Å². The van der Waals surface area contributed by atoms with Gasteiger partial charge in [-0.25, -0.2) is 13.1 Å². The van der Waals surface area contributed by atoms with Gasteiger partial charge >= 0.3 is 0 Å². The zero-order valence-electron chi connectivity index (χ0n) is 12.5. The van der Waals surface area contributed by atoms with E-state index >= 15 is 0 Å². The summed E-state index contributed by atoms with van der Waals surface area (Å²) >= 11 is 5.82. The molecule has 0 saturated carbocycles. The number of aromatic nitrogens is 2. The number of sulfone groups is 1. The van der Waals surface area contributed by atoms with Gasteiger partial charge in [0.05, 0.1) is 28.8 Å². The van der Waals surface area contributed by atoms with Crippen LogP contribution in [-0.2, 0) is 9.84 Å². The van der Waals surface area contributed by atoms with Gasteiger partial charge in [-0.1, -0.05) is 11.6 Å². The van der Waals surface area contributed by atoms with E-state index in [-0.39, 0.29) is 23.1 Å². The van der Waals surface area contributed by atoms with E-state index < -0.39 is 9.84 Å². The molecule has 2 aromatic rings. The maximum absolute atomic E-state index is 12.5. The normalized spacial score (nSPS) is 20.3. The largest absolute Gasteiger partial charge is 0.299 e. The first-order valence-corrected chi connectivity index (χ1v) is 9.37. The molecule has 1 aliphatic rings. The average Bonchev–Trinajstić information content (AvgIpc) is 2.99. The molecule has 8 heteroatoms. The summed E-state index contributed by atoms with van der Waals surface area (Å²) in [7, 11) is -3.05.